The third-order valence-electron chi connectivity index (χ3n) is 3.95. The quantitative estimate of drug-likeness (QED) is 0.828. The monoisotopic (exact) mass is 219 g/mol. The van der Waals surface area contributed by atoms with Crippen molar-refractivity contribution in [2.24, 2.45) is 5.92 Å². The van der Waals surface area contributed by atoms with Gasteiger partial charge >= 0.3 is 0 Å². The lowest BCUT2D eigenvalue weighted by Gasteiger charge is -2.37. The maximum atomic E-state index is 10.8. The second kappa shape index (κ2) is 4.54. The average molecular weight is 219 g/mol. The van der Waals surface area contributed by atoms with Crippen molar-refractivity contribution in [2.45, 2.75) is 51.6 Å². The number of pyridine rings is 1. The minimum absolute atomic E-state index is 0.628. The number of aromatic nitrogens is 1. The molecule has 1 saturated carbocycles. The lowest BCUT2D eigenvalue weighted by atomic mass is 9.73. The number of hydrogen-bond donors (Lipinski definition) is 1. The van der Waals surface area contributed by atoms with E-state index in [9.17, 15) is 5.11 Å². The number of aliphatic hydroxyl groups is 1. The molecular formula is C14H21NO. The van der Waals surface area contributed by atoms with Crippen LogP contribution in [0.5, 0.6) is 0 Å². The molecule has 88 valence electrons. The van der Waals surface area contributed by atoms with Crippen LogP contribution in [0.2, 0.25) is 0 Å². The summed E-state index contributed by atoms with van der Waals surface area (Å²) in [5.41, 5.74) is 1.57. The Morgan fingerprint density at radius 1 is 1.56 bits per heavy atom. The van der Waals surface area contributed by atoms with Crippen LogP contribution in [0.3, 0.4) is 0 Å². The van der Waals surface area contributed by atoms with Crippen LogP contribution in [0.25, 0.3) is 0 Å². The Bertz CT molecular complexity index is 364. The Kier molecular flexibility index (Phi) is 3.29. The van der Waals surface area contributed by atoms with Crippen LogP contribution in [0.1, 0.15) is 50.2 Å². The highest BCUT2D eigenvalue weighted by atomic mass is 16.3. The Morgan fingerprint density at radius 3 is 3.06 bits per heavy atom. The second-order valence-electron chi connectivity index (χ2n) is 5.09. The van der Waals surface area contributed by atoms with Gasteiger partial charge in [0.2, 0.25) is 0 Å². The van der Waals surface area contributed by atoms with Crippen LogP contribution in [-0.2, 0) is 5.60 Å². The lowest BCUT2D eigenvalue weighted by molar-refractivity contribution is -0.0224. The van der Waals surface area contributed by atoms with Gasteiger partial charge in [-0.1, -0.05) is 19.8 Å². The smallest absolute Gasteiger partial charge is 0.0916 e. The highest BCUT2D eigenvalue weighted by Gasteiger charge is 2.36. The van der Waals surface area contributed by atoms with Gasteiger partial charge in [0.05, 0.1) is 5.60 Å². The Balaban J connectivity index is 2.27. The summed E-state index contributed by atoms with van der Waals surface area (Å²) in [5, 5.41) is 10.8. The van der Waals surface area contributed by atoms with E-state index < -0.39 is 5.60 Å². The van der Waals surface area contributed by atoms with Crippen molar-refractivity contribution in [3.8, 4) is 0 Å². The number of rotatable bonds is 2. The van der Waals surface area contributed by atoms with Gasteiger partial charge in [0.15, 0.2) is 0 Å². The molecule has 0 spiro atoms. The summed E-state index contributed by atoms with van der Waals surface area (Å²) in [5.74, 6) is 0.665. The van der Waals surface area contributed by atoms with Crippen LogP contribution >= 0.6 is 0 Å². The normalized spacial score (nSPS) is 30.3. The van der Waals surface area contributed by atoms with Gasteiger partial charge in [-0.05, 0) is 43.7 Å². The second-order valence-corrected chi connectivity index (χ2v) is 5.09. The Labute approximate surface area is 97.7 Å². The minimum Gasteiger partial charge on any atom is -0.385 e. The van der Waals surface area contributed by atoms with Crippen LogP contribution < -0.4 is 0 Å². The molecule has 2 atom stereocenters. The zero-order valence-electron chi connectivity index (χ0n) is 10.2. The molecule has 2 unspecified atom stereocenters. The summed E-state index contributed by atoms with van der Waals surface area (Å²) in [6, 6.07) is 1.99. The van der Waals surface area contributed by atoms with Crippen molar-refractivity contribution in [3.05, 3.63) is 29.6 Å². The fourth-order valence-electron chi connectivity index (χ4n) is 2.91. The lowest BCUT2D eigenvalue weighted by Crippen LogP contribution is -2.33. The summed E-state index contributed by atoms with van der Waals surface area (Å²) < 4.78 is 0. The predicted octanol–water partition coefficient (Wildman–Crippen LogP) is 3.18. The third-order valence-corrected chi connectivity index (χ3v) is 3.95. The molecule has 1 aliphatic rings. The third kappa shape index (κ3) is 2.12. The molecule has 0 amide bonds. The van der Waals surface area contributed by atoms with Gasteiger partial charge in [0.25, 0.3) is 0 Å². The van der Waals surface area contributed by atoms with Gasteiger partial charge in [0.1, 0.15) is 0 Å². The Morgan fingerprint density at radius 2 is 2.38 bits per heavy atom. The first-order valence-electron chi connectivity index (χ1n) is 6.29. The van der Waals surface area contributed by atoms with Crippen molar-refractivity contribution in [3.63, 3.8) is 0 Å². The molecule has 1 N–H and O–H groups in total. The van der Waals surface area contributed by atoms with Crippen LogP contribution in [0, 0.1) is 12.8 Å². The fourth-order valence-corrected chi connectivity index (χ4v) is 2.91. The van der Waals surface area contributed by atoms with Crippen LogP contribution in [0.4, 0.5) is 0 Å². The Hall–Kier alpha value is -0.890. The molecule has 16 heavy (non-hydrogen) atoms. The summed E-state index contributed by atoms with van der Waals surface area (Å²) in [4.78, 5) is 4.16. The number of aryl methyl sites for hydroxylation is 1. The van der Waals surface area contributed by atoms with Crippen LogP contribution in [0.15, 0.2) is 18.5 Å². The van der Waals surface area contributed by atoms with E-state index >= 15 is 0 Å². The first kappa shape index (κ1) is 11.6. The summed E-state index contributed by atoms with van der Waals surface area (Å²) in [7, 11) is 0. The first-order valence-corrected chi connectivity index (χ1v) is 6.29. The van der Waals surface area contributed by atoms with Crippen molar-refractivity contribution in [2.75, 3.05) is 0 Å². The molecule has 2 rings (SSSR count). The fraction of sp³-hybridized carbons (Fsp3) is 0.643. The van der Waals surface area contributed by atoms with E-state index in [1.165, 1.54) is 12.8 Å². The summed E-state index contributed by atoms with van der Waals surface area (Å²) in [6.45, 7) is 4.27. The molecule has 1 aromatic heterocycles. The molecule has 1 aromatic rings. The molecule has 2 heteroatoms. The van der Waals surface area contributed by atoms with Crippen LogP contribution in [-0.4, -0.2) is 10.1 Å². The molecule has 0 saturated heterocycles. The van der Waals surface area contributed by atoms with Gasteiger partial charge in [0, 0.05) is 18.0 Å². The van der Waals surface area contributed by atoms with Gasteiger partial charge in [-0.15, -0.1) is 0 Å². The number of nitrogens with zero attached hydrogens (tertiary/aromatic N) is 1. The summed E-state index contributed by atoms with van der Waals surface area (Å²) in [6.07, 6.45) is 8.98. The molecule has 1 heterocycles. The highest BCUT2D eigenvalue weighted by Crippen LogP contribution is 2.41. The SMILES string of the molecule is CCC1CCCC(O)(c2cnccc2C)C1. The van der Waals surface area contributed by atoms with Gasteiger partial charge in [-0.3, -0.25) is 4.98 Å². The summed E-state index contributed by atoms with van der Waals surface area (Å²) >= 11 is 0. The van der Waals surface area contributed by atoms with E-state index in [1.54, 1.807) is 6.20 Å². The zero-order valence-corrected chi connectivity index (χ0v) is 10.2. The predicted molar refractivity (Wildman–Crippen MR) is 65.1 cm³/mol. The van der Waals surface area contributed by atoms with Crippen molar-refractivity contribution >= 4 is 0 Å². The standard InChI is InChI=1S/C14H21NO/c1-3-12-5-4-7-14(16,9-12)13-10-15-8-6-11(13)2/h6,8,10,12,16H,3-5,7,9H2,1-2H3. The van der Waals surface area contributed by atoms with E-state index in [2.05, 4.69) is 18.8 Å². The maximum Gasteiger partial charge on any atom is 0.0916 e. The first-order chi connectivity index (χ1) is 7.65. The highest BCUT2D eigenvalue weighted by molar-refractivity contribution is 5.28. The average Bonchev–Trinajstić information content (AvgIpc) is 2.29. The van der Waals surface area contributed by atoms with E-state index in [4.69, 9.17) is 0 Å². The molecule has 0 aliphatic heterocycles. The maximum absolute atomic E-state index is 10.8. The van der Waals surface area contributed by atoms with E-state index in [0.717, 1.165) is 30.4 Å². The minimum atomic E-state index is -0.628. The van der Waals surface area contributed by atoms with Gasteiger partial charge in [-0.2, -0.15) is 0 Å². The molecule has 0 bridgehead atoms. The molecule has 0 aromatic carbocycles. The van der Waals surface area contributed by atoms with E-state index in [1.807, 2.05) is 12.3 Å². The zero-order chi connectivity index (χ0) is 11.6. The van der Waals surface area contributed by atoms with Crippen molar-refractivity contribution < 1.29 is 5.11 Å². The van der Waals surface area contributed by atoms with Gasteiger partial charge in [-0.25, -0.2) is 0 Å². The topological polar surface area (TPSA) is 33.1 Å². The molecule has 1 fully saturated rings. The molecule has 2 nitrogen and oxygen atoms in total. The molecule has 0 radical (unpaired) electrons. The van der Waals surface area contributed by atoms with Gasteiger partial charge < -0.3 is 5.11 Å². The van der Waals surface area contributed by atoms with E-state index in [0.29, 0.717) is 5.92 Å². The largest absolute Gasteiger partial charge is 0.385 e. The van der Waals surface area contributed by atoms with Crippen molar-refractivity contribution in [1.29, 1.82) is 0 Å². The van der Waals surface area contributed by atoms with Crippen molar-refractivity contribution in [1.82, 2.24) is 4.98 Å². The molecule has 1 aliphatic carbocycles. The molecular weight excluding hydrogens is 198 g/mol. The van der Waals surface area contributed by atoms with E-state index in [-0.39, 0.29) is 0 Å². The number of hydrogen-bond acceptors (Lipinski definition) is 2.